The molecule has 1 atom stereocenters. The number of carbonyl (C=O) groups excluding carboxylic acids is 1. The molecule has 0 radical (unpaired) electrons. The lowest BCUT2D eigenvalue weighted by molar-refractivity contribution is -0.124. The Morgan fingerprint density at radius 1 is 1.30 bits per heavy atom. The Hall–Kier alpha value is -1.95. The van der Waals surface area contributed by atoms with Gasteiger partial charge in [-0.25, -0.2) is 9.18 Å². The van der Waals surface area contributed by atoms with Gasteiger partial charge in [-0.1, -0.05) is 19.1 Å². The Morgan fingerprint density at radius 2 is 1.91 bits per heavy atom. The Morgan fingerprint density at radius 3 is 2.43 bits per heavy atom. The fourth-order valence-corrected chi connectivity index (χ4v) is 3.01. The van der Waals surface area contributed by atoms with Crippen LogP contribution in [0, 0.1) is 11.7 Å². The lowest BCUT2D eigenvalue weighted by Gasteiger charge is -2.30. The van der Waals surface area contributed by atoms with Crippen LogP contribution < -0.4 is 5.32 Å². The van der Waals surface area contributed by atoms with Crippen LogP contribution in [-0.2, 0) is 4.79 Å². The highest BCUT2D eigenvalue weighted by atomic mass is 19.1. The second-order valence-corrected chi connectivity index (χ2v) is 5.88. The van der Waals surface area contributed by atoms with Gasteiger partial charge in [0, 0.05) is 31.5 Å². The van der Waals surface area contributed by atoms with Crippen molar-refractivity contribution in [2.45, 2.75) is 32.2 Å². The maximum atomic E-state index is 13.1. The molecule has 0 spiro atoms. The van der Waals surface area contributed by atoms with Crippen LogP contribution in [0.25, 0.3) is 0 Å². The van der Waals surface area contributed by atoms with E-state index in [0.717, 1.165) is 5.56 Å². The zero-order valence-corrected chi connectivity index (χ0v) is 13.3. The van der Waals surface area contributed by atoms with Crippen molar-refractivity contribution in [2.24, 2.45) is 5.92 Å². The summed E-state index contributed by atoms with van der Waals surface area (Å²) >= 11 is 0. The zero-order chi connectivity index (χ0) is 16.8. The first-order chi connectivity index (χ1) is 11.0. The molecule has 2 N–H and O–H groups in total. The third-order valence-corrected chi connectivity index (χ3v) is 4.35. The molecule has 0 saturated carbocycles. The van der Waals surface area contributed by atoms with E-state index in [1.807, 2.05) is 6.92 Å². The predicted molar refractivity (Wildman–Crippen MR) is 84.8 cm³/mol. The number of benzene rings is 1. The minimum absolute atomic E-state index is 0.0906. The van der Waals surface area contributed by atoms with E-state index in [1.54, 1.807) is 12.1 Å². The summed E-state index contributed by atoms with van der Waals surface area (Å²) in [6.45, 7) is 3.50. The van der Waals surface area contributed by atoms with Gasteiger partial charge in [0.05, 0.1) is 0 Å². The largest absolute Gasteiger partial charge is 0.465 e. The fourth-order valence-electron chi connectivity index (χ4n) is 3.01. The van der Waals surface area contributed by atoms with Gasteiger partial charge < -0.3 is 15.3 Å². The third kappa shape index (κ3) is 4.76. The molecular formula is C17H23FN2O3. The van der Waals surface area contributed by atoms with Crippen LogP contribution in [0.4, 0.5) is 9.18 Å². The molecule has 0 bridgehead atoms. The highest BCUT2D eigenvalue weighted by Gasteiger charge is 2.28. The minimum atomic E-state index is -0.923. The van der Waals surface area contributed by atoms with E-state index < -0.39 is 6.09 Å². The molecule has 1 saturated heterocycles. The number of hydrogen-bond donors (Lipinski definition) is 2. The molecule has 5 nitrogen and oxygen atoms in total. The molecule has 1 fully saturated rings. The van der Waals surface area contributed by atoms with Crippen LogP contribution in [0.1, 0.15) is 37.8 Å². The number of halogens is 1. The number of carboxylic acid groups (broad SMARTS) is 1. The number of carbonyl (C=O) groups is 2. The first-order valence-electron chi connectivity index (χ1n) is 8.00. The van der Waals surface area contributed by atoms with Gasteiger partial charge >= 0.3 is 6.09 Å². The molecule has 6 heteroatoms. The van der Waals surface area contributed by atoms with Gasteiger partial charge in [0.2, 0.25) is 0 Å². The molecule has 1 heterocycles. The molecule has 1 amide bonds. The van der Waals surface area contributed by atoms with E-state index in [0.29, 0.717) is 38.9 Å². The number of rotatable bonds is 6. The number of nitrogens with one attached hydrogen (secondary N) is 1. The Balaban J connectivity index is 1.96. The predicted octanol–water partition coefficient (Wildman–Crippen LogP) is 2.83. The molecule has 1 aromatic carbocycles. The summed E-state index contributed by atoms with van der Waals surface area (Å²) in [5.74, 6) is -0.242. The van der Waals surface area contributed by atoms with Crippen molar-refractivity contribution in [1.82, 2.24) is 10.2 Å². The fraction of sp³-hybridized carbons (Fsp3) is 0.529. The van der Waals surface area contributed by atoms with Gasteiger partial charge in [-0.3, -0.25) is 4.79 Å². The van der Waals surface area contributed by atoms with Crippen molar-refractivity contribution in [3.63, 3.8) is 0 Å². The first-order valence-corrected chi connectivity index (χ1v) is 8.00. The summed E-state index contributed by atoms with van der Waals surface area (Å²) in [6, 6.07) is 6.06. The third-order valence-electron chi connectivity index (χ3n) is 4.35. The minimum Gasteiger partial charge on any atom is -0.465 e. The van der Waals surface area contributed by atoms with Crippen LogP contribution in [0.2, 0.25) is 0 Å². The highest BCUT2D eigenvalue weighted by molar-refractivity contribution is 5.82. The van der Waals surface area contributed by atoms with E-state index in [2.05, 4.69) is 5.32 Å². The van der Waals surface area contributed by atoms with Gasteiger partial charge in [0.1, 0.15) is 11.6 Å². The van der Waals surface area contributed by atoms with Gasteiger partial charge in [-0.2, -0.15) is 0 Å². The second kappa shape index (κ2) is 8.06. The lowest BCUT2D eigenvalue weighted by atomic mass is 9.88. The number of amides is 1. The summed E-state index contributed by atoms with van der Waals surface area (Å²) in [5, 5.41) is 12.2. The highest BCUT2D eigenvalue weighted by Crippen LogP contribution is 2.24. The molecule has 0 aliphatic carbocycles. The van der Waals surface area contributed by atoms with Crippen LogP contribution in [0.15, 0.2) is 24.3 Å². The van der Waals surface area contributed by atoms with E-state index in [9.17, 15) is 14.0 Å². The van der Waals surface area contributed by atoms with Gasteiger partial charge in [-0.05, 0) is 37.1 Å². The van der Waals surface area contributed by atoms with Crippen LogP contribution >= 0.6 is 0 Å². The second-order valence-electron chi connectivity index (χ2n) is 5.88. The maximum absolute atomic E-state index is 13.1. The summed E-state index contributed by atoms with van der Waals surface area (Å²) < 4.78 is 13.1. The summed E-state index contributed by atoms with van der Waals surface area (Å²) in [7, 11) is 0. The normalized spacial score (nSPS) is 17.0. The summed E-state index contributed by atoms with van der Waals surface area (Å²) in [5.41, 5.74) is 0.893. The Kier molecular flexibility index (Phi) is 6.10. The SMILES string of the molecule is CCNC(CC(=O)C1CCN(C(=O)O)CC1)c1ccc(F)cc1. The Labute approximate surface area is 135 Å². The number of hydrogen-bond acceptors (Lipinski definition) is 3. The van der Waals surface area contributed by atoms with E-state index >= 15 is 0 Å². The summed E-state index contributed by atoms with van der Waals surface area (Å²) in [4.78, 5) is 24.8. The molecule has 0 aromatic heterocycles. The van der Waals surface area contributed by atoms with Crippen LogP contribution in [0.5, 0.6) is 0 Å². The van der Waals surface area contributed by atoms with Crippen molar-refractivity contribution in [3.05, 3.63) is 35.6 Å². The van der Waals surface area contributed by atoms with Crippen molar-refractivity contribution >= 4 is 11.9 Å². The number of piperidine rings is 1. The van der Waals surface area contributed by atoms with Crippen LogP contribution in [0.3, 0.4) is 0 Å². The van der Waals surface area contributed by atoms with Crippen molar-refractivity contribution < 1.29 is 19.1 Å². The number of likely N-dealkylation sites (tertiary alicyclic amines) is 1. The number of Topliss-reactive ketones (excluding diaryl/α,β-unsaturated/α-hetero) is 1. The average Bonchev–Trinajstić information content (AvgIpc) is 2.55. The van der Waals surface area contributed by atoms with Gasteiger partial charge in [0.25, 0.3) is 0 Å². The summed E-state index contributed by atoms with van der Waals surface area (Å²) in [6.07, 6.45) is 0.575. The quantitative estimate of drug-likeness (QED) is 0.845. The first kappa shape index (κ1) is 17.4. The number of ketones is 1. The van der Waals surface area contributed by atoms with Gasteiger partial charge in [-0.15, -0.1) is 0 Å². The van der Waals surface area contributed by atoms with Gasteiger partial charge in [0.15, 0.2) is 0 Å². The number of nitrogens with zero attached hydrogens (tertiary/aromatic N) is 1. The molecular weight excluding hydrogens is 299 g/mol. The topological polar surface area (TPSA) is 69.6 Å². The molecule has 1 aliphatic rings. The average molecular weight is 322 g/mol. The Bertz CT molecular complexity index is 539. The van der Waals surface area contributed by atoms with Crippen molar-refractivity contribution in [1.29, 1.82) is 0 Å². The maximum Gasteiger partial charge on any atom is 0.407 e. The molecule has 2 rings (SSSR count). The lowest BCUT2D eigenvalue weighted by Crippen LogP contribution is -2.40. The monoisotopic (exact) mass is 322 g/mol. The van der Waals surface area contributed by atoms with E-state index in [-0.39, 0.29) is 23.6 Å². The molecule has 1 aliphatic heterocycles. The zero-order valence-electron chi connectivity index (χ0n) is 13.3. The standard InChI is InChI=1S/C17H23FN2O3/c1-2-19-15(12-3-5-14(18)6-4-12)11-16(21)13-7-9-20(10-8-13)17(22)23/h3-6,13,15,19H,2,7-11H2,1H3,(H,22,23). The van der Waals surface area contributed by atoms with Crippen molar-refractivity contribution in [2.75, 3.05) is 19.6 Å². The molecule has 1 aromatic rings. The molecule has 1 unspecified atom stereocenters. The molecule has 23 heavy (non-hydrogen) atoms. The van der Waals surface area contributed by atoms with E-state index in [4.69, 9.17) is 5.11 Å². The van der Waals surface area contributed by atoms with Crippen LogP contribution in [-0.4, -0.2) is 41.5 Å². The van der Waals surface area contributed by atoms with E-state index in [1.165, 1.54) is 17.0 Å². The molecule has 126 valence electrons. The smallest absolute Gasteiger partial charge is 0.407 e. The van der Waals surface area contributed by atoms with Crippen molar-refractivity contribution in [3.8, 4) is 0 Å².